The number of hydrogen-bond donors (Lipinski definition) is 1. The highest BCUT2D eigenvalue weighted by atomic mass is 35.5. The Hall–Kier alpha value is -1.38. The van der Waals surface area contributed by atoms with Gasteiger partial charge in [-0.2, -0.15) is 0 Å². The number of aryl methyl sites for hydroxylation is 2. The van der Waals surface area contributed by atoms with E-state index in [1.54, 1.807) is 12.1 Å². The minimum atomic E-state index is -0.227. The lowest BCUT2D eigenvalue weighted by Crippen LogP contribution is -2.19. The minimum Gasteiger partial charge on any atom is -0.306 e. The van der Waals surface area contributed by atoms with Crippen LogP contribution in [0.15, 0.2) is 36.4 Å². The van der Waals surface area contributed by atoms with Crippen LogP contribution in [-0.4, -0.2) is 0 Å². The summed E-state index contributed by atoms with van der Waals surface area (Å²) in [5.74, 6) is -0.227. The predicted octanol–water partition coefficient (Wildman–Crippen LogP) is 4.95. The fourth-order valence-corrected chi connectivity index (χ4v) is 2.56. The van der Waals surface area contributed by atoms with E-state index in [0.717, 1.165) is 0 Å². The van der Waals surface area contributed by atoms with Crippen LogP contribution in [-0.2, 0) is 6.54 Å². The molecule has 0 saturated heterocycles. The molecule has 0 aromatic heterocycles. The fourth-order valence-electron chi connectivity index (χ4n) is 2.36. The van der Waals surface area contributed by atoms with Crippen LogP contribution in [0.2, 0.25) is 5.02 Å². The Morgan fingerprint density at radius 2 is 1.90 bits per heavy atom. The van der Waals surface area contributed by atoms with Gasteiger partial charge in [-0.1, -0.05) is 35.4 Å². The van der Waals surface area contributed by atoms with Crippen LogP contribution < -0.4 is 5.32 Å². The Morgan fingerprint density at radius 1 is 1.15 bits per heavy atom. The van der Waals surface area contributed by atoms with E-state index in [1.807, 2.05) is 0 Å². The molecule has 2 aromatic rings. The van der Waals surface area contributed by atoms with E-state index in [0.29, 0.717) is 17.1 Å². The van der Waals surface area contributed by atoms with Crippen molar-refractivity contribution in [3.05, 3.63) is 69.5 Å². The van der Waals surface area contributed by atoms with Crippen LogP contribution in [0.1, 0.15) is 35.2 Å². The largest absolute Gasteiger partial charge is 0.306 e. The molecule has 2 rings (SSSR count). The molecular formula is C17H19ClFN. The van der Waals surface area contributed by atoms with E-state index in [9.17, 15) is 4.39 Å². The van der Waals surface area contributed by atoms with Crippen molar-refractivity contribution in [2.45, 2.75) is 33.4 Å². The van der Waals surface area contributed by atoms with E-state index >= 15 is 0 Å². The second kappa shape index (κ2) is 6.38. The molecule has 0 aliphatic rings. The molecule has 1 unspecified atom stereocenters. The van der Waals surface area contributed by atoms with E-state index in [2.05, 4.69) is 44.3 Å². The van der Waals surface area contributed by atoms with Crippen molar-refractivity contribution in [2.75, 3.05) is 0 Å². The number of hydrogen-bond acceptors (Lipinski definition) is 1. The maximum absolute atomic E-state index is 13.7. The SMILES string of the molecule is Cc1ccc(C(C)NCc2cc(Cl)ccc2F)c(C)c1. The summed E-state index contributed by atoms with van der Waals surface area (Å²) in [6, 6.07) is 11.2. The third kappa shape index (κ3) is 3.59. The summed E-state index contributed by atoms with van der Waals surface area (Å²) in [4.78, 5) is 0. The molecule has 1 nitrogen and oxygen atoms in total. The summed E-state index contributed by atoms with van der Waals surface area (Å²) in [6.45, 7) is 6.72. The summed E-state index contributed by atoms with van der Waals surface area (Å²) in [5.41, 5.74) is 4.32. The standard InChI is InChI=1S/C17H19ClFN/c1-11-4-6-16(12(2)8-11)13(3)20-10-14-9-15(18)5-7-17(14)19/h4-9,13,20H,10H2,1-3H3. The van der Waals surface area contributed by atoms with Crippen molar-refractivity contribution in [1.82, 2.24) is 5.32 Å². The van der Waals surface area contributed by atoms with E-state index in [4.69, 9.17) is 11.6 Å². The average Bonchev–Trinajstić information content (AvgIpc) is 2.39. The molecule has 20 heavy (non-hydrogen) atoms. The van der Waals surface area contributed by atoms with Crippen molar-refractivity contribution in [1.29, 1.82) is 0 Å². The minimum absolute atomic E-state index is 0.161. The van der Waals surface area contributed by atoms with Crippen molar-refractivity contribution in [3.8, 4) is 0 Å². The highest BCUT2D eigenvalue weighted by Gasteiger charge is 2.09. The molecule has 2 aromatic carbocycles. The highest BCUT2D eigenvalue weighted by molar-refractivity contribution is 6.30. The van der Waals surface area contributed by atoms with Gasteiger partial charge >= 0.3 is 0 Å². The van der Waals surface area contributed by atoms with Crippen LogP contribution in [0.4, 0.5) is 4.39 Å². The summed E-state index contributed by atoms with van der Waals surface area (Å²) >= 11 is 5.90. The highest BCUT2D eigenvalue weighted by Crippen LogP contribution is 2.20. The number of nitrogens with one attached hydrogen (secondary N) is 1. The lowest BCUT2D eigenvalue weighted by molar-refractivity contribution is 0.543. The lowest BCUT2D eigenvalue weighted by atomic mass is 10.00. The van der Waals surface area contributed by atoms with Gasteiger partial charge in [0.05, 0.1) is 0 Å². The van der Waals surface area contributed by atoms with Gasteiger partial charge in [-0.3, -0.25) is 0 Å². The number of benzene rings is 2. The normalized spacial score (nSPS) is 12.4. The molecule has 1 atom stereocenters. The van der Waals surface area contributed by atoms with Gasteiger partial charge in [-0.15, -0.1) is 0 Å². The number of rotatable bonds is 4. The Morgan fingerprint density at radius 3 is 2.60 bits per heavy atom. The second-order valence-corrected chi connectivity index (χ2v) is 5.63. The van der Waals surface area contributed by atoms with Crippen LogP contribution in [0.5, 0.6) is 0 Å². The molecule has 1 N–H and O–H groups in total. The quantitative estimate of drug-likeness (QED) is 0.841. The van der Waals surface area contributed by atoms with Crippen LogP contribution in [0, 0.1) is 19.7 Å². The van der Waals surface area contributed by atoms with Gasteiger partial charge in [0.25, 0.3) is 0 Å². The predicted molar refractivity (Wildman–Crippen MR) is 82.6 cm³/mol. The molecule has 0 bridgehead atoms. The molecule has 0 saturated carbocycles. The third-order valence-corrected chi connectivity index (χ3v) is 3.73. The van der Waals surface area contributed by atoms with Gasteiger partial charge in [-0.25, -0.2) is 4.39 Å². The maximum atomic E-state index is 13.7. The summed E-state index contributed by atoms with van der Waals surface area (Å²) in [7, 11) is 0. The van der Waals surface area contributed by atoms with Gasteiger partial charge < -0.3 is 5.32 Å². The summed E-state index contributed by atoms with van der Waals surface area (Å²) in [5, 5.41) is 3.90. The zero-order valence-electron chi connectivity index (χ0n) is 12.0. The van der Waals surface area contributed by atoms with Crippen molar-refractivity contribution < 1.29 is 4.39 Å². The molecule has 0 aliphatic carbocycles. The van der Waals surface area contributed by atoms with E-state index in [1.165, 1.54) is 22.8 Å². The Labute approximate surface area is 124 Å². The van der Waals surface area contributed by atoms with Gasteiger partial charge in [0.1, 0.15) is 5.82 Å². The van der Waals surface area contributed by atoms with E-state index < -0.39 is 0 Å². The molecule has 0 spiro atoms. The molecule has 106 valence electrons. The summed E-state index contributed by atoms with van der Waals surface area (Å²) in [6.07, 6.45) is 0. The summed E-state index contributed by atoms with van der Waals surface area (Å²) < 4.78 is 13.7. The van der Waals surface area contributed by atoms with Crippen LogP contribution in [0.25, 0.3) is 0 Å². The molecule has 0 heterocycles. The molecule has 0 radical (unpaired) electrons. The van der Waals surface area contributed by atoms with Gasteiger partial charge in [0.15, 0.2) is 0 Å². The fraction of sp³-hybridized carbons (Fsp3) is 0.294. The Bertz CT molecular complexity index is 610. The first-order valence-corrected chi connectivity index (χ1v) is 7.09. The van der Waals surface area contributed by atoms with Crippen molar-refractivity contribution >= 4 is 11.6 Å². The monoisotopic (exact) mass is 291 g/mol. The Balaban J connectivity index is 2.08. The topological polar surface area (TPSA) is 12.0 Å². The van der Waals surface area contributed by atoms with Gasteiger partial charge in [-0.05, 0) is 50.1 Å². The second-order valence-electron chi connectivity index (χ2n) is 5.20. The first-order chi connectivity index (χ1) is 9.47. The Kier molecular flexibility index (Phi) is 4.79. The maximum Gasteiger partial charge on any atom is 0.127 e. The van der Waals surface area contributed by atoms with Gasteiger partial charge in [0.2, 0.25) is 0 Å². The van der Waals surface area contributed by atoms with E-state index in [-0.39, 0.29) is 11.9 Å². The zero-order chi connectivity index (χ0) is 14.7. The first-order valence-electron chi connectivity index (χ1n) is 6.72. The molecule has 0 fully saturated rings. The molecule has 0 aliphatic heterocycles. The van der Waals surface area contributed by atoms with Crippen LogP contribution in [0.3, 0.4) is 0 Å². The van der Waals surface area contributed by atoms with Crippen molar-refractivity contribution in [3.63, 3.8) is 0 Å². The molecule has 0 amide bonds. The molecule has 3 heteroatoms. The first kappa shape index (κ1) is 15.0. The van der Waals surface area contributed by atoms with Gasteiger partial charge in [0, 0.05) is 23.2 Å². The smallest absolute Gasteiger partial charge is 0.127 e. The number of halogens is 2. The zero-order valence-corrected chi connectivity index (χ0v) is 12.8. The van der Waals surface area contributed by atoms with Crippen molar-refractivity contribution in [2.24, 2.45) is 0 Å². The average molecular weight is 292 g/mol. The van der Waals surface area contributed by atoms with Crippen LogP contribution >= 0.6 is 11.6 Å². The lowest BCUT2D eigenvalue weighted by Gasteiger charge is -2.17. The third-order valence-electron chi connectivity index (χ3n) is 3.50. The molecular weight excluding hydrogens is 273 g/mol.